The molecule has 0 aliphatic heterocycles. The first-order valence-corrected chi connectivity index (χ1v) is 7.34. The van der Waals surface area contributed by atoms with Crippen LogP contribution in [0.5, 0.6) is 0 Å². The molecule has 0 saturated heterocycles. The Bertz CT molecular complexity index is 617. The summed E-state index contributed by atoms with van der Waals surface area (Å²) in [4.78, 5) is 12.6. The molecule has 0 spiro atoms. The van der Waals surface area contributed by atoms with Gasteiger partial charge in [-0.15, -0.1) is 6.42 Å². The SMILES string of the molecule is C#CCN(CC(C)C(=O)O)c1ccc(S(N)(=O)=O)cc1. The molecular weight excluding hydrogens is 280 g/mol. The lowest BCUT2D eigenvalue weighted by molar-refractivity contribution is -0.140. The highest BCUT2D eigenvalue weighted by Gasteiger charge is 2.16. The number of benzene rings is 1. The van der Waals surface area contributed by atoms with Crippen molar-refractivity contribution in [1.29, 1.82) is 0 Å². The van der Waals surface area contributed by atoms with E-state index in [2.05, 4.69) is 5.92 Å². The molecule has 1 aromatic rings. The predicted molar refractivity (Wildman–Crippen MR) is 75.7 cm³/mol. The van der Waals surface area contributed by atoms with E-state index < -0.39 is 21.9 Å². The molecule has 0 bridgehead atoms. The second-order valence-corrected chi connectivity index (χ2v) is 5.92. The van der Waals surface area contributed by atoms with Crippen LogP contribution in [0.15, 0.2) is 29.2 Å². The van der Waals surface area contributed by atoms with Gasteiger partial charge in [-0.1, -0.05) is 12.8 Å². The number of hydrogen-bond donors (Lipinski definition) is 2. The molecule has 1 atom stereocenters. The highest BCUT2D eigenvalue weighted by Crippen LogP contribution is 2.18. The lowest BCUT2D eigenvalue weighted by atomic mass is 10.1. The first-order valence-electron chi connectivity index (χ1n) is 5.79. The van der Waals surface area contributed by atoms with E-state index >= 15 is 0 Å². The highest BCUT2D eigenvalue weighted by atomic mass is 32.2. The molecule has 0 fully saturated rings. The van der Waals surface area contributed by atoms with E-state index in [1.54, 1.807) is 24.0 Å². The largest absolute Gasteiger partial charge is 0.481 e. The van der Waals surface area contributed by atoms with Crippen molar-refractivity contribution in [2.45, 2.75) is 11.8 Å². The number of nitrogens with zero attached hydrogens (tertiary/aromatic N) is 1. The van der Waals surface area contributed by atoms with E-state index in [9.17, 15) is 13.2 Å². The summed E-state index contributed by atoms with van der Waals surface area (Å²) in [6, 6.07) is 5.82. The van der Waals surface area contributed by atoms with Gasteiger partial charge < -0.3 is 10.0 Å². The van der Waals surface area contributed by atoms with Crippen molar-refractivity contribution in [2.75, 3.05) is 18.0 Å². The summed E-state index contributed by atoms with van der Waals surface area (Å²) >= 11 is 0. The summed E-state index contributed by atoms with van der Waals surface area (Å²) in [6.45, 7) is 2.03. The maximum absolute atomic E-state index is 11.2. The van der Waals surface area contributed by atoms with Crippen LogP contribution in [-0.4, -0.2) is 32.6 Å². The summed E-state index contributed by atoms with van der Waals surface area (Å²) in [5.74, 6) is 0.926. The first kappa shape index (κ1) is 16.0. The summed E-state index contributed by atoms with van der Waals surface area (Å²) in [7, 11) is -3.75. The van der Waals surface area contributed by atoms with Gasteiger partial charge in [0.05, 0.1) is 17.4 Å². The molecule has 0 radical (unpaired) electrons. The quantitative estimate of drug-likeness (QED) is 0.744. The molecule has 1 unspecified atom stereocenters. The van der Waals surface area contributed by atoms with Crippen molar-refractivity contribution in [3.63, 3.8) is 0 Å². The smallest absolute Gasteiger partial charge is 0.308 e. The van der Waals surface area contributed by atoms with Gasteiger partial charge in [-0.2, -0.15) is 0 Å². The van der Waals surface area contributed by atoms with Crippen molar-refractivity contribution < 1.29 is 18.3 Å². The van der Waals surface area contributed by atoms with Crippen LogP contribution in [0.2, 0.25) is 0 Å². The molecule has 0 aromatic heterocycles. The fourth-order valence-electron chi connectivity index (χ4n) is 1.63. The Balaban J connectivity index is 2.99. The Labute approximate surface area is 118 Å². The summed E-state index contributed by atoms with van der Waals surface area (Å²) in [5.41, 5.74) is 0.642. The third-order valence-corrected chi connectivity index (χ3v) is 3.66. The molecule has 3 N–H and O–H groups in total. The highest BCUT2D eigenvalue weighted by molar-refractivity contribution is 7.89. The third kappa shape index (κ3) is 4.26. The predicted octanol–water partition coefficient (Wildman–Crippen LogP) is 0.494. The zero-order valence-corrected chi connectivity index (χ0v) is 11.8. The third-order valence-electron chi connectivity index (χ3n) is 2.73. The summed E-state index contributed by atoms with van der Waals surface area (Å²) in [6.07, 6.45) is 5.26. The van der Waals surface area contributed by atoms with Crippen LogP contribution in [-0.2, 0) is 14.8 Å². The van der Waals surface area contributed by atoms with Crippen LogP contribution in [0.25, 0.3) is 0 Å². The van der Waals surface area contributed by atoms with Gasteiger partial charge in [0, 0.05) is 12.2 Å². The van der Waals surface area contributed by atoms with Gasteiger partial charge >= 0.3 is 5.97 Å². The number of carboxylic acid groups (broad SMARTS) is 1. The van der Waals surface area contributed by atoms with Gasteiger partial charge in [0.2, 0.25) is 10.0 Å². The molecule has 1 aromatic carbocycles. The molecule has 0 heterocycles. The zero-order valence-electron chi connectivity index (χ0n) is 11.0. The Kier molecular flexibility index (Phi) is 5.13. The van der Waals surface area contributed by atoms with E-state index in [1.165, 1.54) is 12.1 Å². The maximum Gasteiger partial charge on any atom is 0.308 e. The van der Waals surface area contributed by atoms with Crippen LogP contribution in [0.3, 0.4) is 0 Å². The number of nitrogens with two attached hydrogens (primary N) is 1. The average molecular weight is 296 g/mol. The van der Waals surface area contributed by atoms with Gasteiger partial charge in [-0.3, -0.25) is 4.79 Å². The Morgan fingerprint density at radius 2 is 2.00 bits per heavy atom. The lowest BCUT2D eigenvalue weighted by Crippen LogP contribution is -2.32. The van der Waals surface area contributed by atoms with Crippen LogP contribution >= 0.6 is 0 Å². The molecule has 1 rings (SSSR count). The standard InChI is InChI=1S/C13H16N2O4S/c1-3-8-15(9-10(2)13(16)17)11-4-6-12(7-5-11)20(14,18)19/h1,4-7,10H,8-9H2,2H3,(H,16,17)(H2,14,18,19). The van der Waals surface area contributed by atoms with Crippen LogP contribution < -0.4 is 10.0 Å². The van der Waals surface area contributed by atoms with E-state index in [1.807, 2.05) is 0 Å². The fourth-order valence-corrected chi connectivity index (χ4v) is 2.14. The molecule has 0 saturated carbocycles. The van der Waals surface area contributed by atoms with Crippen molar-refractivity contribution in [2.24, 2.45) is 11.1 Å². The van der Waals surface area contributed by atoms with Gasteiger partial charge in [0.1, 0.15) is 0 Å². The Hall–Kier alpha value is -2.04. The van der Waals surface area contributed by atoms with Crippen LogP contribution in [0.1, 0.15) is 6.92 Å². The summed E-state index contributed by atoms with van der Waals surface area (Å²) < 4.78 is 22.3. The van der Waals surface area contributed by atoms with E-state index in [4.69, 9.17) is 16.7 Å². The molecular formula is C13H16N2O4S. The second kappa shape index (κ2) is 6.41. The van der Waals surface area contributed by atoms with Crippen molar-refractivity contribution in [3.8, 4) is 12.3 Å². The normalized spacial score (nSPS) is 12.4. The molecule has 7 heteroatoms. The van der Waals surface area contributed by atoms with E-state index in [-0.39, 0.29) is 18.0 Å². The monoisotopic (exact) mass is 296 g/mol. The Morgan fingerprint density at radius 3 is 2.40 bits per heavy atom. The number of terminal acetylenes is 1. The van der Waals surface area contributed by atoms with E-state index in [0.29, 0.717) is 5.69 Å². The fraction of sp³-hybridized carbons (Fsp3) is 0.308. The first-order chi connectivity index (χ1) is 9.25. The number of aliphatic carboxylic acids is 1. The number of sulfonamides is 1. The number of carboxylic acids is 1. The number of primary sulfonamides is 1. The molecule has 0 amide bonds. The van der Waals surface area contributed by atoms with Crippen molar-refractivity contribution >= 4 is 21.7 Å². The van der Waals surface area contributed by atoms with Gasteiger partial charge in [-0.25, -0.2) is 13.6 Å². The van der Waals surface area contributed by atoms with Gasteiger partial charge in [0.15, 0.2) is 0 Å². The number of hydrogen-bond acceptors (Lipinski definition) is 4. The zero-order chi connectivity index (χ0) is 15.3. The van der Waals surface area contributed by atoms with Crippen molar-refractivity contribution in [3.05, 3.63) is 24.3 Å². The average Bonchev–Trinajstić information content (AvgIpc) is 2.37. The van der Waals surface area contributed by atoms with Gasteiger partial charge in [-0.05, 0) is 24.3 Å². The van der Waals surface area contributed by atoms with Crippen LogP contribution in [0.4, 0.5) is 5.69 Å². The summed E-state index contributed by atoms with van der Waals surface area (Å²) in [5, 5.41) is 13.9. The molecule has 108 valence electrons. The lowest BCUT2D eigenvalue weighted by Gasteiger charge is -2.24. The topological polar surface area (TPSA) is 101 Å². The minimum atomic E-state index is -3.75. The molecule has 6 nitrogen and oxygen atoms in total. The minimum Gasteiger partial charge on any atom is -0.481 e. The number of anilines is 1. The maximum atomic E-state index is 11.2. The molecule has 20 heavy (non-hydrogen) atoms. The van der Waals surface area contributed by atoms with Gasteiger partial charge in [0.25, 0.3) is 0 Å². The number of carbonyl (C=O) groups is 1. The van der Waals surface area contributed by atoms with E-state index in [0.717, 1.165) is 0 Å². The molecule has 0 aliphatic rings. The van der Waals surface area contributed by atoms with Crippen molar-refractivity contribution in [1.82, 2.24) is 0 Å². The molecule has 0 aliphatic carbocycles. The Morgan fingerprint density at radius 1 is 1.45 bits per heavy atom. The number of rotatable bonds is 6. The second-order valence-electron chi connectivity index (χ2n) is 4.36. The van der Waals surface area contributed by atoms with Crippen LogP contribution in [0, 0.1) is 18.3 Å². The minimum absolute atomic E-state index is 0.00630.